The van der Waals surface area contributed by atoms with Crippen molar-refractivity contribution >= 4 is 0 Å². The number of hydrogen-bond donors (Lipinski definition) is 2. The van der Waals surface area contributed by atoms with Crippen LogP contribution in [0.1, 0.15) is 32.1 Å². The van der Waals surface area contributed by atoms with Crippen LogP contribution in [0.5, 0.6) is 0 Å². The van der Waals surface area contributed by atoms with Gasteiger partial charge in [-0.2, -0.15) is 0 Å². The molecule has 2 aliphatic carbocycles. The van der Waals surface area contributed by atoms with Gasteiger partial charge in [0.2, 0.25) is 0 Å². The first kappa shape index (κ1) is 11.2. The lowest BCUT2D eigenvalue weighted by Crippen LogP contribution is -2.20. The molecule has 0 aromatic rings. The van der Waals surface area contributed by atoms with Gasteiger partial charge in [-0.3, -0.25) is 0 Å². The highest BCUT2D eigenvalue weighted by atomic mass is 16.3. The minimum absolute atomic E-state index is 0.324. The quantitative estimate of drug-likeness (QED) is 0.658. The van der Waals surface area contributed by atoms with E-state index in [2.05, 4.69) is 12.2 Å². The van der Waals surface area contributed by atoms with E-state index in [9.17, 15) is 0 Å². The average molecular weight is 210 g/mol. The summed E-state index contributed by atoms with van der Waals surface area (Å²) in [5, 5.41) is 17.8. The second kappa shape index (κ2) is 5.13. The summed E-state index contributed by atoms with van der Waals surface area (Å²) < 4.78 is 0. The normalized spacial score (nSPS) is 37.7. The number of hydrogen-bond acceptors (Lipinski definition) is 2. The molecule has 2 rings (SSSR count). The Bertz CT molecular complexity index is 203. The molecule has 2 heteroatoms. The van der Waals surface area contributed by atoms with Gasteiger partial charge in [-0.25, -0.2) is 0 Å². The molecule has 1 fully saturated rings. The maximum absolute atomic E-state index is 8.90. The van der Waals surface area contributed by atoms with Crippen LogP contribution in [0.2, 0.25) is 0 Å². The number of fused-ring (bicyclic) bond motifs is 2. The van der Waals surface area contributed by atoms with E-state index in [4.69, 9.17) is 10.2 Å². The molecule has 0 heterocycles. The van der Waals surface area contributed by atoms with Gasteiger partial charge in [0, 0.05) is 13.2 Å². The Morgan fingerprint density at radius 1 is 0.867 bits per heavy atom. The standard InChI is InChI=1S/C13H22O2/c14-7-1-3-12-10-5-6-11(9-10)13(12)4-2-8-15/h5-6,10-15H,1-4,7-9H2. The molecule has 4 unspecified atom stereocenters. The Hall–Kier alpha value is -0.340. The van der Waals surface area contributed by atoms with Crippen molar-refractivity contribution in [3.8, 4) is 0 Å². The van der Waals surface area contributed by atoms with Gasteiger partial charge in [0.15, 0.2) is 0 Å². The van der Waals surface area contributed by atoms with Gasteiger partial charge in [0.25, 0.3) is 0 Å². The van der Waals surface area contributed by atoms with Gasteiger partial charge in [-0.15, -0.1) is 0 Å². The van der Waals surface area contributed by atoms with Crippen molar-refractivity contribution in [3.05, 3.63) is 12.2 Å². The second-order valence-corrected chi connectivity index (χ2v) is 5.01. The Morgan fingerprint density at radius 3 is 1.73 bits per heavy atom. The van der Waals surface area contributed by atoms with Crippen molar-refractivity contribution < 1.29 is 10.2 Å². The number of aliphatic hydroxyl groups excluding tert-OH is 2. The van der Waals surface area contributed by atoms with Crippen molar-refractivity contribution in [2.75, 3.05) is 13.2 Å². The summed E-state index contributed by atoms with van der Waals surface area (Å²) in [6.45, 7) is 0.647. The molecule has 2 bridgehead atoms. The van der Waals surface area contributed by atoms with Crippen LogP contribution in [-0.4, -0.2) is 23.4 Å². The van der Waals surface area contributed by atoms with Crippen LogP contribution in [0.3, 0.4) is 0 Å². The van der Waals surface area contributed by atoms with Crippen LogP contribution in [0.4, 0.5) is 0 Å². The molecule has 4 atom stereocenters. The van der Waals surface area contributed by atoms with Crippen LogP contribution < -0.4 is 0 Å². The zero-order chi connectivity index (χ0) is 10.7. The molecule has 2 N–H and O–H groups in total. The van der Waals surface area contributed by atoms with E-state index in [1.54, 1.807) is 0 Å². The van der Waals surface area contributed by atoms with Crippen molar-refractivity contribution in [2.24, 2.45) is 23.7 Å². The number of rotatable bonds is 6. The van der Waals surface area contributed by atoms with Crippen molar-refractivity contribution in [1.82, 2.24) is 0 Å². The lowest BCUT2D eigenvalue weighted by molar-refractivity contribution is 0.209. The third-order valence-corrected chi connectivity index (χ3v) is 4.19. The molecular formula is C13H22O2. The van der Waals surface area contributed by atoms with Crippen LogP contribution in [-0.2, 0) is 0 Å². The van der Waals surface area contributed by atoms with E-state index in [1.807, 2.05) is 0 Å². The molecule has 0 saturated heterocycles. The third-order valence-electron chi connectivity index (χ3n) is 4.19. The number of allylic oxidation sites excluding steroid dienone is 2. The molecule has 0 radical (unpaired) electrons. The molecular weight excluding hydrogens is 188 g/mol. The fourth-order valence-corrected chi connectivity index (χ4v) is 3.54. The summed E-state index contributed by atoms with van der Waals surface area (Å²) in [5.74, 6) is 3.09. The lowest BCUT2D eigenvalue weighted by atomic mass is 9.78. The summed E-state index contributed by atoms with van der Waals surface area (Å²) in [7, 11) is 0. The van der Waals surface area contributed by atoms with Gasteiger partial charge < -0.3 is 10.2 Å². The monoisotopic (exact) mass is 210 g/mol. The molecule has 86 valence electrons. The average Bonchev–Trinajstić information content (AvgIpc) is 2.83. The Morgan fingerprint density at radius 2 is 1.33 bits per heavy atom. The maximum atomic E-state index is 8.90. The largest absolute Gasteiger partial charge is 0.396 e. The van der Waals surface area contributed by atoms with E-state index in [0.29, 0.717) is 13.2 Å². The van der Waals surface area contributed by atoms with E-state index in [-0.39, 0.29) is 0 Å². The van der Waals surface area contributed by atoms with Gasteiger partial charge in [-0.05, 0) is 55.8 Å². The second-order valence-electron chi connectivity index (χ2n) is 5.01. The number of aliphatic hydroxyl groups is 2. The first-order valence-electron chi connectivity index (χ1n) is 6.27. The van der Waals surface area contributed by atoms with Crippen LogP contribution in [0, 0.1) is 23.7 Å². The first-order valence-corrected chi connectivity index (χ1v) is 6.27. The highest BCUT2D eigenvalue weighted by molar-refractivity contribution is 5.13. The molecule has 0 aliphatic heterocycles. The third kappa shape index (κ3) is 2.26. The molecule has 2 aliphatic rings. The van der Waals surface area contributed by atoms with Gasteiger partial charge >= 0.3 is 0 Å². The molecule has 0 spiro atoms. The molecule has 0 aromatic heterocycles. The summed E-state index contributed by atoms with van der Waals surface area (Å²) in [4.78, 5) is 0. The Balaban J connectivity index is 1.91. The topological polar surface area (TPSA) is 40.5 Å². The van der Waals surface area contributed by atoms with E-state index < -0.39 is 0 Å². The molecule has 1 saturated carbocycles. The highest BCUT2D eigenvalue weighted by Gasteiger charge is 2.42. The van der Waals surface area contributed by atoms with Gasteiger partial charge in [-0.1, -0.05) is 12.2 Å². The highest BCUT2D eigenvalue weighted by Crippen LogP contribution is 2.51. The predicted molar refractivity (Wildman–Crippen MR) is 60.4 cm³/mol. The summed E-state index contributed by atoms with van der Waals surface area (Å²) in [5.41, 5.74) is 0. The zero-order valence-corrected chi connectivity index (χ0v) is 9.31. The predicted octanol–water partition coefficient (Wildman–Crippen LogP) is 1.97. The van der Waals surface area contributed by atoms with Crippen LogP contribution in [0.15, 0.2) is 12.2 Å². The SMILES string of the molecule is OCCCC1C2C=CC(C2)C1CCCO. The van der Waals surface area contributed by atoms with Gasteiger partial charge in [0.1, 0.15) is 0 Å². The maximum Gasteiger partial charge on any atom is 0.0431 e. The summed E-state index contributed by atoms with van der Waals surface area (Å²) >= 11 is 0. The Labute approximate surface area is 92.0 Å². The van der Waals surface area contributed by atoms with Crippen LogP contribution in [0.25, 0.3) is 0 Å². The van der Waals surface area contributed by atoms with Crippen LogP contribution >= 0.6 is 0 Å². The minimum atomic E-state index is 0.324. The Kier molecular flexibility index (Phi) is 3.81. The van der Waals surface area contributed by atoms with Crippen molar-refractivity contribution in [1.29, 1.82) is 0 Å². The molecule has 2 nitrogen and oxygen atoms in total. The van der Waals surface area contributed by atoms with Crippen molar-refractivity contribution in [3.63, 3.8) is 0 Å². The van der Waals surface area contributed by atoms with E-state index >= 15 is 0 Å². The van der Waals surface area contributed by atoms with Gasteiger partial charge in [0.05, 0.1) is 0 Å². The first-order chi connectivity index (χ1) is 7.36. The summed E-state index contributed by atoms with van der Waals surface area (Å²) in [6, 6.07) is 0. The molecule has 0 aromatic carbocycles. The van der Waals surface area contributed by atoms with E-state index in [1.165, 1.54) is 6.42 Å². The van der Waals surface area contributed by atoms with Crippen molar-refractivity contribution in [2.45, 2.75) is 32.1 Å². The fourth-order valence-electron chi connectivity index (χ4n) is 3.54. The zero-order valence-electron chi connectivity index (χ0n) is 9.31. The lowest BCUT2D eigenvalue weighted by Gasteiger charge is -2.27. The van der Waals surface area contributed by atoms with E-state index in [0.717, 1.165) is 49.4 Å². The molecule has 15 heavy (non-hydrogen) atoms. The fraction of sp³-hybridized carbons (Fsp3) is 0.846. The summed E-state index contributed by atoms with van der Waals surface area (Å²) in [6.07, 6.45) is 10.3. The molecule has 0 amide bonds. The minimum Gasteiger partial charge on any atom is -0.396 e. The smallest absolute Gasteiger partial charge is 0.0431 e.